The van der Waals surface area contributed by atoms with E-state index in [1.165, 1.54) is 4.90 Å². The number of alkyl carbamates (subject to hydrolysis) is 1. The quantitative estimate of drug-likeness (QED) is 0.562. The Kier molecular flexibility index (Phi) is 7.63. The number of carbonyl (C=O) groups excluding carboxylic acids is 2. The second-order valence-electron chi connectivity index (χ2n) is 9.39. The van der Waals surface area contributed by atoms with Gasteiger partial charge < -0.3 is 24.8 Å². The Balaban J connectivity index is 1.72. The third-order valence-electron chi connectivity index (χ3n) is 5.78. The molecule has 3 atom stereocenters. The molecule has 176 valence electrons. The van der Waals surface area contributed by atoms with Crippen molar-refractivity contribution in [2.45, 2.75) is 77.2 Å². The minimum absolute atomic E-state index is 0.0989. The molecule has 1 unspecified atom stereocenters. The third kappa shape index (κ3) is 6.11. The van der Waals surface area contributed by atoms with Crippen molar-refractivity contribution in [3.05, 3.63) is 22.9 Å². The first kappa shape index (κ1) is 24.3. The van der Waals surface area contributed by atoms with Gasteiger partial charge in [0, 0.05) is 18.7 Å². The van der Waals surface area contributed by atoms with Crippen molar-refractivity contribution in [1.29, 1.82) is 0 Å². The fraction of sp³-hybridized carbons (Fsp3) is 0.636. The average Bonchev–Trinajstić information content (AvgIpc) is 3.34. The van der Waals surface area contributed by atoms with Crippen LogP contribution in [0.2, 0.25) is 0 Å². The fourth-order valence-corrected chi connectivity index (χ4v) is 4.48. The monoisotopic (exact) mass is 511 g/mol. The predicted molar refractivity (Wildman–Crippen MR) is 119 cm³/mol. The van der Waals surface area contributed by atoms with Crippen LogP contribution in [0.4, 0.5) is 4.79 Å². The van der Waals surface area contributed by atoms with Gasteiger partial charge in [-0.2, -0.15) is 0 Å². The number of carbonyl (C=O) groups is 3. The number of likely N-dealkylation sites (tertiary alicyclic amines) is 1. The summed E-state index contributed by atoms with van der Waals surface area (Å²) in [6.45, 7) is 5.56. The van der Waals surface area contributed by atoms with Crippen LogP contribution in [-0.2, 0) is 14.3 Å². The maximum absolute atomic E-state index is 13.5. The number of carboxylic acid groups (broad SMARTS) is 1. The number of aromatic nitrogens is 1. The molecule has 1 saturated heterocycles. The summed E-state index contributed by atoms with van der Waals surface area (Å²) in [5, 5.41) is 12.4. The van der Waals surface area contributed by atoms with E-state index in [0.29, 0.717) is 10.4 Å². The highest BCUT2D eigenvalue weighted by Crippen LogP contribution is 2.29. The number of amides is 2. The van der Waals surface area contributed by atoms with Gasteiger partial charge in [0.15, 0.2) is 0 Å². The van der Waals surface area contributed by atoms with Gasteiger partial charge in [-0.1, -0.05) is 20.8 Å². The fourth-order valence-electron chi connectivity index (χ4n) is 4.13. The van der Waals surface area contributed by atoms with E-state index in [1.807, 2.05) is 20.8 Å². The normalized spacial score (nSPS) is 22.4. The molecular weight excluding hydrogens is 482 g/mol. The number of rotatable bonds is 6. The van der Waals surface area contributed by atoms with Crippen molar-refractivity contribution in [2.75, 3.05) is 6.54 Å². The molecule has 1 aromatic heterocycles. The average molecular weight is 512 g/mol. The van der Waals surface area contributed by atoms with Crippen LogP contribution in [0, 0.1) is 5.41 Å². The SMILES string of the molecule is CC(C)(C)C(NC(=O)OC1CCCC1)C(=O)N1C[C@H](Oc2ccnc(Br)c2)C[C@H]1C(=O)O. The first-order valence-electron chi connectivity index (χ1n) is 10.8. The second kappa shape index (κ2) is 10.1. The Bertz CT molecular complexity index is 852. The van der Waals surface area contributed by atoms with Gasteiger partial charge in [0.1, 0.15) is 34.6 Å². The molecule has 1 saturated carbocycles. The Labute approximate surface area is 196 Å². The van der Waals surface area contributed by atoms with Gasteiger partial charge in [-0.25, -0.2) is 14.6 Å². The summed E-state index contributed by atoms with van der Waals surface area (Å²) in [6, 6.07) is 1.37. The van der Waals surface area contributed by atoms with Crippen molar-refractivity contribution in [1.82, 2.24) is 15.2 Å². The highest BCUT2D eigenvalue weighted by atomic mass is 79.9. The Morgan fingerprint density at radius 1 is 1.25 bits per heavy atom. The number of nitrogens with one attached hydrogen (secondary N) is 1. The first-order valence-corrected chi connectivity index (χ1v) is 11.6. The summed E-state index contributed by atoms with van der Waals surface area (Å²) >= 11 is 3.27. The Hall–Kier alpha value is -2.36. The number of halogens is 1. The summed E-state index contributed by atoms with van der Waals surface area (Å²) in [5.74, 6) is -1.04. The molecule has 2 heterocycles. The van der Waals surface area contributed by atoms with Gasteiger partial charge in [0.05, 0.1) is 6.54 Å². The van der Waals surface area contributed by atoms with E-state index < -0.39 is 41.6 Å². The number of carboxylic acids is 1. The van der Waals surface area contributed by atoms with Crippen molar-refractivity contribution in [3.63, 3.8) is 0 Å². The first-order chi connectivity index (χ1) is 15.0. The van der Waals surface area contributed by atoms with Gasteiger partial charge in [-0.05, 0) is 53.1 Å². The van der Waals surface area contributed by atoms with Crippen LogP contribution in [0.15, 0.2) is 22.9 Å². The number of pyridine rings is 1. The molecule has 32 heavy (non-hydrogen) atoms. The second-order valence-corrected chi connectivity index (χ2v) is 10.2. The lowest BCUT2D eigenvalue weighted by Crippen LogP contribution is -2.57. The zero-order chi connectivity index (χ0) is 23.5. The maximum atomic E-state index is 13.5. The zero-order valence-corrected chi connectivity index (χ0v) is 20.1. The van der Waals surface area contributed by atoms with E-state index in [2.05, 4.69) is 26.2 Å². The number of ether oxygens (including phenoxy) is 2. The third-order valence-corrected chi connectivity index (χ3v) is 6.22. The number of hydrogen-bond acceptors (Lipinski definition) is 6. The van der Waals surface area contributed by atoms with Crippen LogP contribution in [0.1, 0.15) is 52.9 Å². The van der Waals surface area contributed by atoms with Crippen molar-refractivity contribution in [2.24, 2.45) is 5.41 Å². The minimum Gasteiger partial charge on any atom is -0.488 e. The topological polar surface area (TPSA) is 118 Å². The largest absolute Gasteiger partial charge is 0.488 e. The van der Waals surface area contributed by atoms with Gasteiger partial charge >= 0.3 is 12.1 Å². The molecule has 1 aromatic rings. The molecule has 0 aromatic carbocycles. The van der Waals surface area contributed by atoms with Crippen molar-refractivity contribution in [3.8, 4) is 5.75 Å². The Morgan fingerprint density at radius 2 is 1.94 bits per heavy atom. The molecule has 9 nitrogen and oxygen atoms in total. The summed E-state index contributed by atoms with van der Waals surface area (Å²) in [7, 11) is 0. The molecule has 2 amide bonds. The lowest BCUT2D eigenvalue weighted by molar-refractivity contribution is -0.150. The van der Waals surface area contributed by atoms with E-state index in [9.17, 15) is 19.5 Å². The predicted octanol–water partition coefficient (Wildman–Crippen LogP) is 3.36. The Morgan fingerprint density at radius 3 is 2.53 bits per heavy atom. The van der Waals surface area contributed by atoms with Crippen LogP contribution >= 0.6 is 15.9 Å². The van der Waals surface area contributed by atoms with Gasteiger partial charge in [-0.3, -0.25) is 4.79 Å². The number of aliphatic carboxylic acids is 1. The highest BCUT2D eigenvalue weighted by molar-refractivity contribution is 9.10. The van der Waals surface area contributed by atoms with Gasteiger partial charge in [-0.15, -0.1) is 0 Å². The molecular formula is C22H30BrN3O6. The van der Waals surface area contributed by atoms with Gasteiger partial charge in [0.2, 0.25) is 5.91 Å². The van der Waals surface area contributed by atoms with E-state index in [1.54, 1.807) is 18.3 Å². The molecule has 3 rings (SSSR count). The summed E-state index contributed by atoms with van der Waals surface area (Å²) in [4.78, 5) is 43.2. The lowest BCUT2D eigenvalue weighted by atomic mass is 9.85. The zero-order valence-electron chi connectivity index (χ0n) is 18.5. The van der Waals surface area contributed by atoms with Crippen LogP contribution in [-0.4, -0.2) is 63.8 Å². The number of hydrogen-bond donors (Lipinski definition) is 2. The van der Waals surface area contributed by atoms with E-state index in [4.69, 9.17) is 9.47 Å². The van der Waals surface area contributed by atoms with E-state index in [0.717, 1.165) is 25.7 Å². The molecule has 1 aliphatic heterocycles. The van der Waals surface area contributed by atoms with Crippen LogP contribution < -0.4 is 10.1 Å². The van der Waals surface area contributed by atoms with E-state index in [-0.39, 0.29) is 19.1 Å². The highest BCUT2D eigenvalue weighted by Gasteiger charge is 2.46. The molecule has 0 radical (unpaired) electrons. The molecule has 10 heteroatoms. The maximum Gasteiger partial charge on any atom is 0.408 e. The minimum atomic E-state index is -1.11. The molecule has 1 aliphatic carbocycles. The molecule has 0 spiro atoms. The number of nitrogens with zero attached hydrogens (tertiary/aromatic N) is 2. The lowest BCUT2D eigenvalue weighted by Gasteiger charge is -2.34. The molecule has 2 N–H and O–H groups in total. The van der Waals surface area contributed by atoms with Crippen LogP contribution in [0.3, 0.4) is 0 Å². The van der Waals surface area contributed by atoms with Crippen molar-refractivity contribution < 1.29 is 29.0 Å². The summed E-state index contributed by atoms with van der Waals surface area (Å²) in [6.07, 6.45) is 4.10. The standard InChI is InChI=1S/C22H30BrN3O6/c1-22(2,3)18(25-21(30)32-13-6-4-5-7-13)19(27)26-12-15(10-16(26)20(28)29)31-14-8-9-24-17(23)11-14/h8-9,11,13,15-16,18H,4-7,10,12H2,1-3H3,(H,25,30)(H,28,29)/t15-,16+,18?/m1/s1. The molecule has 2 fully saturated rings. The van der Waals surface area contributed by atoms with E-state index >= 15 is 0 Å². The molecule has 2 aliphatic rings. The smallest absolute Gasteiger partial charge is 0.408 e. The van der Waals surface area contributed by atoms with Crippen molar-refractivity contribution >= 4 is 33.9 Å². The van der Waals surface area contributed by atoms with Crippen LogP contribution in [0.5, 0.6) is 5.75 Å². The van der Waals surface area contributed by atoms with Gasteiger partial charge in [0.25, 0.3) is 0 Å². The summed E-state index contributed by atoms with van der Waals surface area (Å²) in [5.41, 5.74) is -0.649. The van der Waals surface area contributed by atoms with Crippen LogP contribution in [0.25, 0.3) is 0 Å². The molecule has 0 bridgehead atoms. The summed E-state index contributed by atoms with van der Waals surface area (Å²) < 4.78 is 12.0.